The molecule has 1 aliphatic rings. The van der Waals surface area contributed by atoms with E-state index < -0.39 is 36.5 Å². The van der Waals surface area contributed by atoms with Gasteiger partial charge in [-0.25, -0.2) is 0 Å². The van der Waals surface area contributed by atoms with Crippen molar-refractivity contribution in [3.8, 4) is 0 Å². The van der Waals surface area contributed by atoms with Crippen molar-refractivity contribution < 1.29 is 25.5 Å². The Labute approximate surface area is 81.8 Å². The minimum Gasteiger partial charge on any atom is -0.395 e. The van der Waals surface area contributed by atoms with Crippen LogP contribution in [0.4, 0.5) is 0 Å². The number of rotatable bonds is 3. The molecule has 6 N–H and O–H groups in total. The Balaban J connectivity index is 2.64. The number of aliphatic hydroxyl groups excluding tert-OH is 5. The maximum Gasteiger partial charge on any atom is 0.0994 e. The van der Waals surface area contributed by atoms with Crippen molar-refractivity contribution in [2.45, 2.75) is 43.4 Å². The standard InChI is InChI=1S/C8H17NO5/c1-3(11)6(12)5-8(14)7(13)4(2-10)9-5/h3-14H,2H2,1H3/t3?,4-,5-,6+,7-,8-/m1/s1. The molecule has 14 heavy (non-hydrogen) atoms. The molecule has 6 nitrogen and oxygen atoms in total. The second-order valence-electron chi connectivity index (χ2n) is 3.69. The highest BCUT2D eigenvalue weighted by Crippen LogP contribution is 2.18. The van der Waals surface area contributed by atoms with Crippen LogP contribution in [0.5, 0.6) is 0 Å². The molecule has 6 heteroatoms. The fourth-order valence-electron chi connectivity index (χ4n) is 1.66. The SMILES string of the molecule is CC(O)[C@H](O)[C@H]1N[C@H](CO)[C@@H](O)[C@@H]1O. The molecule has 0 saturated carbocycles. The van der Waals surface area contributed by atoms with E-state index >= 15 is 0 Å². The highest BCUT2D eigenvalue weighted by Gasteiger charge is 2.44. The fourth-order valence-corrected chi connectivity index (χ4v) is 1.66. The van der Waals surface area contributed by atoms with Crippen LogP contribution in [0.25, 0.3) is 0 Å². The molecule has 0 spiro atoms. The quantitative estimate of drug-likeness (QED) is 0.290. The van der Waals surface area contributed by atoms with Crippen LogP contribution in [0.1, 0.15) is 6.92 Å². The third kappa shape index (κ3) is 2.05. The summed E-state index contributed by atoms with van der Waals surface area (Å²) in [5.41, 5.74) is 0. The van der Waals surface area contributed by atoms with E-state index in [-0.39, 0.29) is 6.61 Å². The summed E-state index contributed by atoms with van der Waals surface area (Å²) >= 11 is 0. The molecule has 1 rings (SSSR count). The second-order valence-corrected chi connectivity index (χ2v) is 3.69. The topological polar surface area (TPSA) is 113 Å². The lowest BCUT2D eigenvalue weighted by Crippen LogP contribution is -2.48. The molecule has 0 radical (unpaired) electrons. The molecular formula is C8H17NO5. The lowest BCUT2D eigenvalue weighted by molar-refractivity contribution is -0.0384. The average molecular weight is 207 g/mol. The van der Waals surface area contributed by atoms with E-state index in [9.17, 15) is 15.3 Å². The summed E-state index contributed by atoms with van der Waals surface area (Å²) in [4.78, 5) is 0. The predicted molar refractivity (Wildman–Crippen MR) is 47.5 cm³/mol. The van der Waals surface area contributed by atoms with Crippen LogP contribution in [-0.2, 0) is 0 Å². The van der Waals surface area contributed by atoms with Gasteiger partial charge in [-0.15, -0.1) is 0 Å². The van der Waals surface area contributed by atoms with E-state index in [0.717, 1.165) is 0 Å². The van der Waals surface area contributed by atoms with E-state index in [1.54, 1.807) is 0 Å². The van der Waals surface area contributed by atoms with Crippen LogP contribution in [0.2, 0.25) is 0 Å². The van der Waals surface area contributed by atoms with Crippen molar-refractivity contribution >= 4 is 0 Å². The fraction of sp³-hybridized carbons (Fsp3) is 1.00. The predicted octanol–water partition coefficient (Wildman–Crippen LogP) is -3.22. The van der Waals surface area contributed by atoms with Crippen LogP contribution in [0.3, 0.4) is 0 Å². The highest BCUT2D eigenvalue weighted by molar-refractivity contribution is 5.01. The molecule has 0 aliphatic carbocycles. The van der Waals surface area contributed by atoms with Crippen molar-refractivity contribution in [1.29, 1.82) is 0 Å². The first-order chi connectivity index (χ1) is 6.49. The molecule has 1 aliphatic heterocycles. The largest absolute Gasteiger partial charge is 0.395 e. The second kappa shape index (κ2) is 4.52. The molecule has 0 aromatic heterocycles. The van der Waals surface area contributed by atoms with E-state index in [1.165, 1.54) is 6.92 Å². The summed E-state index contributed by atoms with van der Waals surface area (Å²) in [6, 6.07) is -1.48. The Hall–Kier alpha value is -0.240. The van der Waals surface area contributed by atoms with Crippen molar-refractivity contribution in [3.05, 3.63) is 0 Å². The Morgan fingerprint density at radius 2 is 1.79 bits per heavy atom. The number of nitrogens with one attached hydrogen (secondary N) is 1. The van der Waals surface area contributed by atoms with Gasteiger partial charge in [0.05, 0.1) is 43.1 Å². The zero-order valence-corrected chi connectivity index (χ0v) is 7.91. The molecule has 0 amide bonds. The van der Waals surface area contributed by atoms with Gasteiger partial charge in [0.25, 0.3) is 0 Å². The van der Waals surface area contributed by atoms with Gasteiger partial charge in [-0.1, -0.05) is 0 Å². The van der Waals surface area contributed by atoms with Crippen LogP contribution in [0, 0.1) is 0 Å². The van der Waals surface area contributed by atoms with Crippen molar-refractivity contribution in [2.75, 3.05) is 6.61 Å². The third-order valence-corrected chi connectivity index (χ3v) is 2.60. The Bertz CT molecular complexity index is 189. The Kier molecular flexibility index (Phi) is 3.82. The van der Waals surface area contributed by atoms with Crippen LogP contribution < -0.4 is 5.32 Å². The van der Waals surface area contributed by atoms with Crippen LogP contribution in [0.15, 0.2) is 0 Å². The smallest absolute Gasteiger partial charge is 0.0994 e. The first-order valence-electron chi connectivity index (χ1n) is 4.58. The summed E-state index contributed by atoms with van der Waals surface area (Å²) < 4.78 is 0. The third-order valence-electron chi connectivity index (χ3n) is 2.60. The average Bonchev–Trinajstić information content (AvgIpc) is 2.43. The zero-order valence-electron chi connectivity index (χ0n) is 7.91. The summed E-state index contributed by atoms with van der Waals surface area (Å²) in [6.45, 7) is 1.05. The van der Waals surface area contributed by atoms with Gasteiger partial charge in [-0.3, -0.25) is 0 Å². The first-order valence-corrected chi connectivity index (χ1v) is 4.58. The molecule has 1 fully saturated rings. The van der Waals surface area contributed by atoms with Crippen LogP contribution in [-0.4, -0.2) is 68.6 Å². The van der Waals surface area contributed by atoms with Gasteiger partial charge >= 0.3 is 0 Å². The van der Waals surface area contributed by atoms with E-state index in [1.807, 2.05) is 0 Å². The molecule has 0 aromatic carbocycles. The van der Waals surface area contributed by atoms with Gasteiger partial charge < -0.3 is 30.8 Å². The lowest BCUT2D eigenvalue weighted by atomic mass is 10.0. The number of hydrogen-bond acceptors (Lipinski definition) is 6. The molecular weight excluding hydrogens is 190 g/mol. The van der Waals surface area contributed by atoms with E-state index in [0.29, 0.717) is 0 Å². The van der Waals surface area contributed by atoms with Gasteiger partial charge in [0.1, 0.15) is 0 Å². The summed E-state index contributed by atoms with van der Waals surface area (Å²) in [6.07, 6.45) is -4.49. The van der Waals surface area contributed by atoms with Crippen molar-refractivity contribution in [2.24, 2.45) is 0 Å². The summed E-state index contributed by atoms with van der Waals surface area (Å²) in [5, 5.41) is 48.9. The molecule has 0 bridgehead atoms. The lowest BCUT2D eigenvalue weighted by Gasteiger charge is -2.24. The molecule has 1 unspecified atom stereocenters. The normalized spacial score (nSPS) is 42.4. The molecule has 1 saturated heterocycles. The number of hydrogen-bond donors (Lipinski definition) is 6. The van der Waals surface area contributed by atoms with Crippen LogP contribution >= 0.6 is 0 Å². The monoisotopic (exact) mass is 207 g/mol. The first kappa shape index (κ1) is 11.8. The summed E-state index contributed by atoms with van der Waals surface area (Å²) in [7, 11) is 0. The molecule has 0 aromatic rings. The van der Waals surface area contributed by atoms with E-state index in [2.05, 4.69) is 5.32 Å². The summed E-state index contributed by atoms with van der Waals surface area (Å²) in [5.74, 6) is 0. The van der Waals surface area contributed by atoms with Crippen molar-refractivity contribution in [1.82, 2.24) is 5.32 Å². The maximum atomic E-state index is 9.48. The maximum absolute atomic E-state index is 9.48. The molecule has 84 valence electrons. The van der Waals surface area contributed by atoms with Gasteiger partial charge in [0.2, 0.25) is 0 Å². The zero-order chi connectivity index (χ0) is 10.9. The molecule has 1 heterocycles. The highest BCUT2D eigenvalue weighted by atomic mass is 16.4. The minimum absolute atomic E-state index is 0.332. The van der Waals surface area contributed by atoms with Gasteiger partial charge in [-0.05, 0) is 6.92 Å². The van der Waals surface area contributed by atoms with E-state index in [4.69, 9.17) is 10.2 Å². The van der Waals surface area contributed by atoms with Gasteiger partial charge in [0, 0.05) is 0 Å². The number of aliphatic hydroxyl groups is 5. The van der Waals surface area contributed by atoms with Gasteiger partial charge in [0.15, 0.2) is 0 Å². The molecule has 6 atom stereocenters. The van der Waals surface area contributed by atoms with Gasteiger partial charge in [-0.2, -0.15) is 0 Å². The Morgan fingerprint density at radius 3 is 2.14 bits per heavy atom. The Morgan fingerprint density at radius 1 is 1.21 bits per heavy atom. The van der Waals surface area contributed by atoms with Crippen molar-refractivity contribution in [3.63, 3.8) is 0 Å². The minimum atomic E-state index is -1.18.